The standard InChI is InChI=1S/C30H19NO2/c1-33-30(32)23-8-3-2-6-19(23)20-13-10-17-11-15-24-28-18(12-14-22(20)27(17)28)16-25-21-7-4-5-9-26(21)31-29(24)25/h2-16,31H,1H3. The van der Waals surface area contributed by atoms with Gasteiger partial charge in [0, 0.05) is 21.7 Å². The molecule has 3 heteroatoms. The van der Waals surface area contributed by atoms with Crippen molar-refractivity contribution in [2.45, 2.75) is 0 Å². The van der Waals surface area contributed by atoms with E-state index < -0.39 is 0 Å². The van der Waals surface area contributed by atoms with E-state index in [1.165, 1.54) is 50.3 Å². The molecule has 7 aromatic rings. The maximum atomic E-state index is 12.5. The summed E-state index contributed by atoms with van der Waals surface area (Å²) in [4.78, 5) is 16.1. The van der Waals surface area contributed by atoms with Gasteiger partial charge in [-0.2, -0.15) is 0 Å². The highest BCUT2D eigenvalue weighted by Crippen LogP contribution is 2.43. The van der Waals surface area contributed by atoms with Gasteiger partial charge in [0.15, 0.2) is 0 Å². The maximum absolute atomic E-state index is 12.5. The number of hydrogen-bond acceptors (Lipinski definition) is 2. The van der Waals surface area contributed by atoms with Crippen LogP contribution in [0.2, 0.25) is 0 Å². The zero-order valence-electron chi connectivity index (χ0n) is 18.0. The van der Waals surface area contributed by atoms with Crippen LogP contribution >= 0.6 is 0 Å². The predicted octanol–water partition coefficient (Wildman–Crippen LogP) is 7.67. The highest BCUT2D eigenvalue weighted by Gasteiger charge is 2.18. The first kappa shape index (κ1) is 18.2. The van der Waals surface area contributed by atoms with E-state index in [4.69, 9.17) is 4.74 Å². The van der Waals surface area contributed by atoms with Gasteiger partial charge in [-0.25, -0.2) is 4.79 Å². The lowest BCUT2D eigenvalue weighted by molar-refractivity contribution is 0.0601. The molecule has 0 unspecified atom stereocenters. The number of methoxy groups -OCH3 is 1. The van der Waals surface area contributed by atoms with E-state index in [-0.39, 0.29) is 5.97 Å². The Morgan fingerprint density at radius 2 is 1.39 bits per heavy atom. The molecule has 1 aromatic heterocycles. The van der Waals surface area contributed by atoms with Crippen molar-refractivity contribution >= 4 is 60.1 Å². The largest absolute Gasteiger partial charge is 0.465 e. The third-order valence-corrected chi connectivity index (χ3v) is 6.88. The quantitative estimate of drug-likeness (QED) is 0.228. The van der Waals surface area contributed by atoms with E-state index in [1.54, 1.807) is 0 Å². The number of benzene rings is 6. The number of carbonyl (C=O) groups is 1. The molecule has 0 saturated heterocycles. The Labute approximate surface area is 189 Å². The van der Waals surface area contributed by atoms with Gasteiger partial charge in [0.25, 0.3) is 0 Å². The van der Waals surface area contributed by atoms with E-state index in [1.807, 2.05) is 24.3 Å². The molecule has 3 nitrogen and oxygen atoms in total. The van der Waals surface area contributed by atoms with Crippen molar-refractivity contribution in [2.75, 3.05) is 7.11 Å². The first-order valence-electron chi connectivity index (χ1n) is 11.0. The summed E-state index contributed by atoms with van der Waals surface area (Å²) in [5, 5.41) is 9.73. The number of carbonyl (C=O) groups excluding carboxylic acids is 1. The van der Waals surface area contributed by atoms with Gasteiger partial charge in [-0.05, 0) is 56.3 Å². The van der Waals surface area contributed by atoms with Crippen molar-refractivity contribution in [1.82, 2.24) is 4.98 Å². The van der Waals surface area contributed by atoms with Crippen LogP contribution in [-0.4, -0.2) is 18.1 Å². The lowest BCUT2D eigenvalue weighted by Gasteiger charge is -2.16. The van der Waals surface area contributed by atoms with Gasteiger partial charge in [0.05, 0.1) is 18.2 Å². The Bertz CT molecular complexity index is 1880. The van der Waals surface area contributed by atoms with Crippen LogP contribution in [0, 0.1) is 0 Å². The predicted molar refractivity (Wildman–Crippen MR) is 136 cm³/mol. The molecule has 0 aliphatic carbocycles. The molecular weight excluding hydrogens is 406 g/mol. The van der Waals surface area contributed by atoms with Crippen molar-refractivity contribution in [3.8, 4) is 11.1 Å². The molecule has 156 valence electrons. The van der Waals surface area contributed by atoms with E-state index in [9.17, 15) is 4.79 Å². The molecule has 0 atom stereocenters. The minimum absolute atomic E-state index is 0.323. The topological polar surface area (TPSA) is 42.1 Å². The minimum atomic E-state index is -0.323. The Balaban J connectivity index is 1.64. The van der Waals surface area contributed by atoms with Crippen LogP contribution in [0.1, 0.15) is 10.4 Å². The average molecular weight is 425 g/mol. The van der Waals surface area contributed by atoms with Crippen molar-refractivity contribution in [1.29, 1.82) is 0 Å². The molecule has 1 N–H and O–H groups in total. The van der Waals surface area contributed by atoms with Crippen LogP contribution in [0.3, 0.4) is 0 Å². The molecule has 0 amide bonds. The molecule has 0 bridgehead atoms. The smallest absolute Gasteiger partial charge is 0.338 e. The third kappa shape index (κ3) is 2.42. The fraction of sp³-hybridized carbons (Fsp3) is 0.0333. The van der Waals surface area contributed by atoms with Gasteiger partial charge in [0.2, 0.25) is 0 Å². The van der Waals surface area contributed by atoms with Crippen molar-refractivity contribution in [3.63, 3.8) is 0 Å². The van der Waals surface area contributed by atoms with Gasteiger partial charge < -0.3 is 9.72 Å². The van der Waals surface area contributed by atoms with E-state index in [2.05, 4.69) is 71.7 Å². The van der Waals surface area contributed by atoms with Crippen molar-refractivity contribution in [3.05, 3.63) is 96.6 Å². The molecule has 0 aliphatic heterocycles. The maximum Gasteiger partial charge on any atom is 0.338 e. The lowest BCUT2D eigenvalue weighted by atomic mass is 9.88. The van der Waals surface area contributed by atoms with Crippen molar-refractivity contribution < 1.29 is 9.53 Å². The molecule has 0 saturated carbocycles. The molecule has 33 heavy (non-hydrogen) atoms. The zero-order valence-corrected chi connectivity index (χ0v) is 18.0. The average Bonchev–Trinajstić information content (AvgIpc) is 3.25. The molecule has 0 radical (unpaired) electrons. The number of rotatable bonds is 2. The summed E-state index contributed by atoms with van der Waals surface area (Å²) in [7, 11) is 1.43. The van der Waals surface area contributed by atoms with E-state index >= 15 is 0 Å². The molecule has 0 fully saturated rings. The van der Waals surface area contributed by atoms with Gasteiger partial charge in [-0.15, -0.1) is 0 Å². The monoisotopic (exact) mass is 425 g/mol. The second kappa shape index (κ2) is 6.57. The number of ether oxygens (including phenoxy) is 1. The second-order valence-electron chi connectivity index (χ2n) is 8.54. The highest BCUT2D eigenvalue weighted by atomic mass is 16.5. The summed E-state index contributed by atoms with van der Waals surface area (Å²) in [5.41, 5.74) is 4.81. The minimum Gasteiger partial charge on any atom is -0.465 e. The van der Waals surface area contributed by atoms with Crippen LogP contribution in [0.4, 0.5) is 0 Å². The molecule has 1 heterocycles. The number of H-pyrrole nitrogens is 1. The molecule has 0 spiro atoms. The normalized spacial score (nSPS) is 11.9. The number of esters is 1. The van der Waals surface area contributed by atoms with E-state index in [0.29, 0.717) is 5.56 Å². The number of hydrogen-bond donors (Lipinski definition) is 1. The third-order valence-electron chi connectivity index (χ3n) is 6.88. The Kier molecular flexibility index (Phi) is 3.63. The number of para-hydroxylation sites is 1. The summed E-state index contributed by atoms with van der Waals surface area (Å²) in [5.74, 6) is -0.323. The van der Waals surface area contributed by atoms with E-state index in [0.717, 1.165) is 22.0 Å². The lowest BCUT2D eigenvalue weighted by Crippen LogP contribution is -2.03. The summed E-state index contributed by atoms with van der Waals surface area (Å²) in [6.07, 6.45) is 0. The fourth-order valence-corrected chi connectivity index (χ4v) is 5.43. The Hall–Kier alpha value is -4.37. The number of aromatic nitrogens is 1. The van der Waals surface area contributed by atoms with Crippen LogP contribution < -0.4 is 0 Å². The van der Waals surface area contributed by atoms with Gasteiger partial charge in [-0.3, -0.25) is 0 Å². The van der Waals surface area contributed by atoms with Gasteiger partial charge >= 0.3 is 5.97 Å². The number of aromatic amines is 1. The van der Waals surface area contributed by atoms with Gasteiger partial charge in [-0.1, -0.05) is 72.8 Å². The highest BCUT2D eigenvalue weighted by molar-refractivity contribution is 6.32. The number of fused-ring (bicyclic) bond motifs is 4. The Morgan fingerprint density at radius 3 is 2.30 bits per heavy atom. The first-order valence-corrected chi connectivity index (χ1v) is 11.0. The second-order valence-corrected chi connectivity index (χ2v) is 8.54. The summed E-state index contributed by atoms with van der Waals surface area (Å²) in [6.45, 7) is 0. The summed E-state index contributed by atoms with van der Waals surface area (Å²) < 4.78 is 5.06. The molecular formula is C30H19NO2. The first-order chi connectivity index (χ1) is 16.2. The molecule has 6 aromatic carbocycles. The number of nitrogens with one attached hydrogen (secondary N) is 1. The zero-order chi connectivity index (χ0) is 22.1. The Morgan fingerprint density at radius 1 is 0.667 bits per heavy atom. The van der Waals surface area contributed by atoms with Crippen LogP contribution in [-0.2, 0) is 4.74 Å². The fourth-order valence-electron chi connectivity index (χ4n) is 5.43. The van der Waals surface area contributed by atoms with Crippen LogP contribution in [0.5, 0.6) is 0 Å². The van der Waals surface area contributed by atoms with Gasteiger partial charge in [0.1, 0.15) is 0 Å². The summed E-state index contributed by atoms with van der Waals surface area (Å²) in [6, 6.07) is 31.5. The SMILES string of the molecule is COC(=O)c1ccccc1-c1ccc2ccc3c4[nH]c5ccccc5c4cc4ccc1c2c43. The van der Waals surface area contributed by atoms with Crippen LogP contribution in [0.25, 0.3) is 65.3 Å². The summed E-state index contributed by atoms with van der Waals surface area (Å²) >= 11 is 0. The van der Waals surface area contributed by atoms with Crippen LogP contribution in [0.15, 0.2) is 91.0 Å². The van der Waals surface area contributed by atoms with Crippen molar-refractivity contribution in [2.24, 2.45) is 0 Å². The molecule has 7 rings (SSSR count). The molecule has 0 aliphatic rings.